The van der Waals surface area contributed by atoms with Crippen molar-refractivity contribution in [2.24, 2.45) is 0 Å². The number of benzene rings is 3. The Morgan fingerprint density at radius 2 is 1.28 bits per heavy atom. The average Bonchev–Trinajstić information content (AvgIpc) is 3.35. The highest BCUT2D eigenvalue weighted by Gasteiger charge is 2.53. The number of esters is 2. The van der Waals surface area contributed by atoms with E-state index in [1.54, 1.807) is 0 Å². The van der Waals surface area contributed by atoms with Crippen molar-refractivity contribution in [3.63, 3.8) is 0 Å². The lowest BCUT2D eigenvalue weighted by Gasteiger charge is -2.46. The van der Waals surface area contributed by atoms with Gasteiger partial charge in [0.15, 0.2) is 30.0 Å². The number of carboxylic acids is 1. The minimum atomic E-state index is -2.08. The van der Waals surface area contributed by atoms with Gasteiger partial charge in [0.25, 0.3) is 0 Å². The molecule has 7 rings (SSSR count). The van der Waals surface area contributed by atoms with Crippen LogP contribution in [-0.2, 0) is 47.5 Å². The number of hydrogen-bond donors (Lipinski definition) is 13. The topological polar surface area (TPSA) is 407 Å². The number of ether oxygens (including phenoxy) is 10. The molecule has 13 N–H and O–H groups in total. The van der Waals surface area contributed by atoms with Crippen molar-refractivity contribution in [1.29, 1.82) is 0 Å². The van der Waals surface area contributed by atoms with Gasteiger partial charge < -0.3 is 114 Å². The van der Waals surface area contributed by atoms with E-state index in [1.165, 1.54) is 61.7 Å². The molecule has 0 spiro atoms. The van der Waals surface area contributed by atoms with Gasteiger partial charge in [-0.15, -0.1) is 0 Å². The van der Waals surface area contributed by atoms with Gasteiger partial charge in [0.2, 0.25) is 12.6 Å². The van der Waals surface area contributed by atoms with Crippen LogP contribution in [0.4, 0.5) is 0 Å². The second-order valence-corrected chi connectivity index (χ2v) is 16.7. The molecule has 4 heterocycles. The number of aliphatic carboxylic acids is 1. The molecule has 3 saturated heterocycles. The van der Waals surface area contributed by atoms with Crippen LogP contribution in [0, 0.1) is 0 Å². The number of phenols is 3. The number of phenolic OH excluding ortho intramolecular Hbond substituents is 3. The summed E-state index contributed by atoms with van der Waals surface area (Å²) in [5.41, 5.74) is 0.583. The van der Waals surface area contributed by atoms with Crippen LogP contribution in [0.2, 0.25) is 0 Å². The second-order valence-electron chi connectivity index (χ2n) is 16.7. The van der Waals surface area contributed by atoms with Crippen molar-refractivity contribution in [3.8, 4) is 34.5 Å². The molecule has 3 aromatic carbocycles. The van der Waals surface area contributed by atoms with Gasteiger partial charge in [-0.05, 0) is 42.0 Å². The molecule has 3 fully saturated rings. The fraction of sp³-hybridized carbons (Fsp3) is 0.457. The van der Waals surface area contributed by atoms with Gasteiger partial charge in [0, 0.05) is 23.8 Å². The zero-order chi connectivity index (χ0) is 52.1. The summed E-state index contributed by atoms with van der Waals surface area (Å²) in [5, 5.41) is 137. The normalized spacial score (nSPS) is 32.4. The predicted molar refractivity (Wildman–Crippen MR) is 233 cm³/mol. The Kier molecular flexibility index (Phi) is 17.1. The first-order valence-corrected chi connectivity index (χ1v) is 21.9. The largest absolute Gasteiger partial charge is 0.508 e. The lowest BCUT2D eigenvalue weighted by atomic mass is 9.97. The molecule has 26 nitrogen and oxygen atoms in total. The molecule has 16 unspecified atom stereocenters. The Hall–Kier alpha value is -6.37. The van der Waals surface area contributed by atoms with Crippen molar-refractivity contribution in [2.45, 2.75) is 105 Å². The molecule has 0 saturated carbocycles. The van der Waals surface area contributed by atoms with Gasteiger partial charge in [-0.1, -0.05) is 18.2 Å². The summed E-state index contributed by atoms with van der Waals surface area (Å²) in [6.45, 7) is -2.43. The maximum atomic E-state index is 12.9. The minimum absolute atomic E-state index is 0.0926. The molecule has 4 aliphatic rings. The highest BCUT2D eigenvalue weighted by Crippen LogP contribution is 2.46. The fourth-order valence-electron chi connectivity index (χ4n) is 7.86. The molecule has 16 atom stereocenters. The highest BCUT2D eigenvalue weighted by atomic mass is 16.8. The van der Waals surface area contributed by atoms with Crippen molar-refractivity contribution in [2.75, 3.05) is 26.9 Å². The third-order valence-electron chi connectivity index (χ3n) is 11.7. The number of carbonyl (C=O) groups excluding carboxylic acids is 2. The summed E-state index contributed by atoms with van der Waals surface area (Å²) in [6.07, 6.45) is -27.1. The second kappa shape index (κ2) is 23.0. The van der Waals surface area contributed by atoms with Crippen LogP contribution in [0.5, 0.6) is 34.5 Å². The van der Waals surface area contributed by atoms with Crippen LogP contribution in [0.1, 0.15) is 29.2 Å². The number of carboxylic acid groups (broad SMARTS) is 1. The number of aliphatic hydroxyl groups excluding tert-OH is 9. The summed E-state index contributed by atoms with van der Waals surface area (Å²) in [5.74, 6) is -5.16. The highest BCUT2D eigenvalue weighted by molar-refractivity contribution is 5.90. The molecule has 4 aliphatic heterocycles. The number of hydrogen-bond acceptors (Lipinski definition) is 25. The number of carbonyl (C=O) groups is 3. The van der Waals surface area contributed by atoms with E-state index in [-0.39, 0.29) is 45.6 Å². The average molecular weight is 1020 g/mol. The van der Waals surface area contributed by atoms with E-state index in [2.05, 4.69) is 0 Å². The van der Waals surface area contributed by atoms with E-state index in [9.17, 15) is 75.7 Å². The van der Waals surface area contributed by atoms with Crippen molar-refractivity contribution in [1.82, 2.24) is 0 Å². The van der Waals surface area contributed by atoms with Crippen molar-refractivity contribution < 1.29 is 128 Å². The summed E-state index contributed by atoms with van der Waals surface area (Å²) < 4.78 is 57.1. The SMILES string of the molecule is COc1cc(C=CC(=O)OCC2OC(OC3=Cc4c(cc(O)cc4OC4OC(COC(=O)CC(=O)O)C(O)C(O)C4O)OC3c3ccc(O)cc3)C(OC3OC(CO)C(O)C(O)C3O)C(O)C2O)ccc1O. The number of aromatic hydroxyl groups is 3. The van der Waals surface area contributed by atoms with Crippen LogP contribution in [0.3, 0.4) is 0 Å². The Labute approximate surface area is 406 Å². The Morgan fingerprint density at radius 1 is 0.653 bits per heavy atom. The Morgan fingerprint density at radius 3 is 1.94 bits per heavy atom. The molecule has 26 heteroatoms. The molecule has 0 aliphatic carbocycles. The molecule has 3 aromatic rings. The lowest BCUT2D eigenvalue weighted by Crippen LogP contribution is -2.64. The summed E-state index contributed by atoms with van der Waals surface area (Å²) in [6, 6.07) is 11.8. The van der Waals surface area contributed by atoms with Gasteiger partial charge in [-0.2, -0.15) is 0 Å². The summed E-state index contributed by atoms with van der Waals surface area (Å²) in [7, 11) is 1.33. The van der Waals surface area contributed by atoms with E-state index in [1.807, 2.05) is 0 Å². The molecule has 0 bridgehead atoms. The first-order valence-electron chi connectivity index (χ1n) is 21.9. The van der Waals surface area contributed by atoms with Crippen LogP contribution in [0.25, 0.3) is 12.2 Å². The Bertz CT molecular complexity index is 2440. The minimum Gasteiger partial charge on any atom is -0.508 e. The first kappa shape index (κ1) is 53.4. The zero-order valence-electron chi connectivity index (χ0n) is 37.6. The number of methoxy groups -OCH3 is 1. The summed E-state index contributed by atoms with van der Waals surface area (Å²) in [4.78, 5) is 35.9. The monoisotopic (exact) mass is 1020 g/mol. The van der Waals surface area contributed by atoms with Gasteiger partial charge in [0.1, 0.15) is 116 Å². The van der Waals surface area contributed by atoms with Crippen molar-refractivity contribution >= 4 is 30.1 Å². The molecular weight excluding hydrogens is 968 g/mol. The van der Waals surface area contributed by atoms with Gasteiger partial charge in [-0.3, -0.25) is 9.59 Å². The van der Waals surface area contributed by atoms with Crippen LogP contribution in [0.15, 0.2) is 66.4 Å². The first-order chi connectivity index (χ1) is 34.3. The number of fused-ring (bicyclic) bond motifs is 1. The maximum absolute atomic E-state index is 12.9. The molecule has 0 aromatic heterocycles. The standard InChI is InChI=1S/C46H52O26/c1-63-26-10-18(2-8-23(26)50)3-9-32(53)64-16-30-36(57)39(60)43(72-45-41(62)37(58)34(55)28(15-47)69-45)46(71-30)68-27-13-22-24(66-42(27)19-4-6-20(48)7-5-19)11-21(49)12-25(22)67-44-40(61)38(59)35(56)29(70-44)17-65-33(54)14-31(51)52/h2-13,28-30,34-50,55-62H,14-17H2,1H3,(H,51,52). The number of aliphatic hydroxyl groups is 9. The summed E-state index contributed by atoms with van der Waals surface area (Å²) >= 11 is 0. The van der Waals surface area contributed by atoms with E-state index >= 15 is 0 Å². The van der Waals surface area contributed by atoms with Crippen molar-refractivity contribution in [3.05, 3.63) is 83.1 Å². The maximum Gasteiger partial charge on any atom is 0.330 e. The Balaban J connectivity index is 1.22. The van der Waals surface area contributed by atoms with Crippen LogP contribution < -0.4 is 14.2 Å². The smallest absolute Gasteiger partial charge is 0.330 e. The molecule has 0 radical (unpaired) electrons. The molecular formula is C46H52O26. The molecule has 0 amide bonds. The van der Waals surface area contributed by atoms with Gasteiger partial charge in [-0.25, -0.2) is 4.79 Å². The van der Waals surface area contributed by atoms with E-state index < -0.39 is 148 Å². The van der Waals surface area contributed by atoms with E-state index in [0.29, 0.717) is 5.56 Å². The fourth-order valence-corrected chi connectivity index (χ4v) is 7.86. The lowest BCUT2D eigenvalue weighted by molar-refractivity contribution is -0.364. The third-order valence-corrected chi connectivity index (χ3v) is 11.7. The van der Waals surface area contributed by atoms with Gasteiger partial charge >= 0.3 is 17.9 Å². The molecule has 392 valence electrons. The zero-order valence-corrected chi connectivity index (χ0v) is 37.6. The van der Waals surface area contributed by atoms with E-state index in [0.717, 1.165) is 18.2 Å². The quantitative estimate of drug-likeness (QED) is 0.0374. The van der Waals surface area contributed by atoms with E-state index in [4.69, 9.17) is 52.5 Å². The van der Waals surface area contributed by atoms with Crippen LogP contribution >= 0.6 is 0 Å². The van der Waals surface area contributed by atoms with Crippen LogP contribution in [-0.4, -0.2) is 203 Å². The predicted octanol–water partition coefficient (Wildman–Crippen LogP) is -2.60. The third kappa shape index (κ3) is 12.1. The van der Waals surface area contributed by atoms with Gasteiger partial charge in [0.05, 0.1) is 19.3 Å². The molecule has 72 heavy (non-hydrogen) atoms. The number of rotatable bonds is 17.